The van der Waals surface area contributed by atoms with E-state index >= 15 is 0 Å². The van der Waals surface area contributed by atoms with E-state index in [0.29, 0.717) is 10.6 Å². The lowest BCUT2D eigenvalue weighted by molar-refractivity contribution is -0.129. The third-order valence-corrected chi connectivity index (χ3v) is 4.14. The molecule has 1 N–H and O–H groups in total. The summed E-state index contributed by atoms with van der Waals surface area (Å²) < 4.78 is 0. The number of amides is 3. The number of carbonyl (C=O) groups is 3. The van der Waals surface area contributed by atoms with Crippen molar-refractivity contribution < 1.29 is 14.4 Å². The average Bonchev–Trinajstić information content (AvgIpc) is 2.59. The molecule has 0 spiro atoms. The van der Waals surface area contributed by atoms with E-state index in [9.17, 15) is 14.4 Å². The molecule has 122 valence electrons. The predicted octanol–water partition coefficient (Wildman–Crippen LogP) is 3.21. The third kappa shape index (κ3) is 3.46. The van der Waals surface area contributed by atoms with Crippen LogP contribution in [-0.4, -0.2) is 29.2 Å². The number of Topliss-reactive ketones (excluding diaryl/α,β-unsaturated/α-hetero) is 1. The van der Waals surface area contributed by atoms with Gasteiger partial charge < -0.3 is 5.32 Å². The molecule has 0 radical (unpaired) electrons. The van der Waals surface area contributed by atoms with Crippen molar-refractivity contribution >= 4 is 29.3 Å². The van der Waals surface area contributed by atoms with Gasteiger partial charge in [-0.2, -0.15) is 0 Å². The fourth-order valence-corrected chi connectivity index (χ4v) is 2.72. The Bertz CT molecular complexity index is 757. The first kappa shape index (κ1) is 16.2. The van der Waals surface area contributed by atoms with E-state index in [1.165, 1.54) is 0 Å². The summed E-state index contributed by atoms with van der Waals surface area (Å²) >= 11 is 5.79. The quantitative estimate of drug-likeness (QED) is 0.868. The van der Waals surface area contributed by atoms with Gasteiger partial charge in [0.05, 0.1) is 19.0 Å². The average molecular weight is 343 g/mol. The summed E-state index contributed by atoms with van der Waals surface area (Å²) in [6.07, 6.45) is 0.129. The van der Waals surface area contributed by atoms with Crippen LogP contribution in [0.25, 0.3) is 0 Å². The lowest BCUT2D eigenvalue weighted by Gasteiger charge is -2.31. The number of halogens is 1. The standard InChI is InChI=1S/C18H15ClN2O3/c19-14-8-6-13(7-9-14)16(22)11-21-17(23)10-15(20-18(21)24)12-4-2-1-3-5-12/h1-9,15H,10-11H2,(H,20,24). The third-order valence-electron chi connectivity index (χ3n) is 3.89. The molecule has 1 atom stereocenters. The maximum atomic E-state index is 12.3. The molecular weight excluding hydrogens is 328 g/mol. The summed E-state index contributed by atoms with van der Waals surface area (Å²) in [4.78, 5) is 37.7. The Hall–Kier alpha value is -2.66. The number of carbonyl (C=O) groups excluding carboxylic acids is 3. The summed E-state index contributed by atoms with van der Waals surface area (Å²) in [5, 5.41) is 3.29. The Balaban J connectivity index is 1.69. The monoisotopic (exact) mass is 342 g/mol. The topological polar surface area (TPSA) is 66.5 Å². The van der Waals surface area contributed by atoms with Gasteiger partial charge in [0.15, 0.2) is 5.78 Å². The molecule has 1 unspecified atom stereocenters. The first-order chi connectivity index (χ1) is 11.5. The molecule has 1 saturated heterocycles. The van der Waals surface area contributed by atoms with Crippen molar-refractivity contribution in [3.05, 3.63) is 70.7 Å². The van der Waals surface area contributed by atoms with Crippen LogP contribution >= 0.6 is 11.6 Å². The fraction of sp³-hybridized carbons (Fsp3) is 0.167. The van der Waals surface area contributed by atoms with Crippen molar-refractivity contribution in [2.45, 2.75) is 12.5 Å². The van der Waals surface area contributed by atoms with E-state index in [4.69, 9.17) is 11.6 Å². The number of hydrogen-bond donors (Lipinski definition) is 1. The first-order valence-electron chi connectivity index (χ1n) is 7.49. The van der Waals surface area contributed by atoms with Gasteiger partial charge in [-0.15, -0.1) is 0 Å². The number of urea groups is 1. The number of rotatable bonds is 4. The maximum absolute atomic E-state index is 12.3. The zero-order chi connectivity index (χ0) is 17.1. The van der Waals surface area contributed by atoms with Crippen LogP contribution in [0, 0.1) is 0 Å². The van der Waals surface area contributed by atoms with Gasteiger partial charge in [0.1, 0.15) is 0 Å². The molecule has 5 nitrogen and oxygen atoms in total. The number of nitrogens with one attached hydrogen (secondary N) is 1. The molecule has 1 fully saturated rings. The molecular formula is C18H15ClN2O3. The molecule has 3 amide bonds. The Kier molecular flexibility index (Phi) is 4.62. The minimum absolute atomic E-state index is 0.129. The number of nitrogens with zero attached hydrogens (tertiary/aromatic N) is 1. The molecule has 0 saturated carbocycles. The molecule has 0 bridgehead atoms. The van der Waals surface area contributed by atoms with Crippen molar-refractivity contribution in [1.29, 1.82) is 0 Å². The molecule has 2 aromatic carbocycles. The van der Waals surface area contributed by atoms with Gasteiger partial charge in [0.2, 0.25) is 5.91 Å². The van der Waals surface area contributed by atoms with Crippen molar-refractivity contribution in [2.75, 3.05) is 6.54 Å². The zero-order valence-corrected chi connectivity index (χ0v) is 13.5. The highest BCUT2D eigenvalue weighted by Crippen LogP contribution is 2.22. The molecule has 0 aromatic heterocycles. The van der Waals surface area contributed by atoms with E-state index < -0.39 is 6.03 Å². The van der Waals surface area contributed by atoms with Crippen molar-refractivity contribution in [1.82, 2.24) is 10.2 Å². The molecule has 1 aliphatic rings. The summed E-state index contributed by atoms with van der Waals surface area (Å²) in [5.41, 5.74) is 1.27. The molecule has 1 aliphatic heterocycles. The smallest absolute Gasteiger partial charge is 0.325 e. The number of imide groups is 1. The van der Waals surface area contributed by atoms with Gasteiger partial charge >= 0.3 is 6.03 Å². The number of hydrogen-bond acceptors (Lipinski definition) is 3. The van der Waals surface area contributed by atoms with E-state index in [1.807, 2.05) is 30.3 Å². The minimum Gasteiger partial charge on any atom is -0.330 e. The molecule has 2 aromatic rings. The van der Waals surface area contributed by atoms with Crippen LogP contribution in [0.5, 0.6) is 0 Å². The number of benzene rings is 2. The van der Waals surface area contributed by atoms with Crippen LogP contribution in [-0.2, 0) is 4.79 Å². The van der Waals surface area contributed by atoms with Crippen LogP contribution in [0.3, 0.4) is 0 Å². The molecule has 0 aliphatic carbocycles. The van der Waals surface area contributed by atoms with Crippen molar-refractivity contribution in [2.24, 2.45) is 0 Å². The van der Waals surface area contributed by atoms with Gasteiger partial charge in [-0.3, -0.25) is 14.5 Å². The summed E-state index contributed by atoms with van der Waals surface area (Å²) in [6.45, 7) is -0.284. The highest BCUT2D eigenvalue weighted by molar-refractivity contribution is 6.30. The molecule has 24 heavy (non-hydrogen) atoms. The van der Waals surface area contributed by atoms with Crippen LogP contribution in [0.1, 0.15) is 28.4 Å². The van der Waals surface area contributed by atoms with E-state index in [1.54, 1.807) is 24.3 Å². The summed E-state index contributed by atoms with van der Waals surface area (Å²) in [6, 6.07) is 14.7. The van der Waals surface area contributed by atoms with E-state index in [2.05, 4.69) is 5.32 Å². The van der Waals surface area contributed by atoms with Crippen LogP contribution in [0.2, 0.25) is 5.02 Å². The van der Waals surface area contributed by atoms with Crippen molar-refractivity contribution in [3.8, 4) is 0 Å². The minimum atomic E-state index is -0.553. The highest BCUT2D eigenvalue weighted by atomic mass is 35.5. The van der Waals surface area contributed by atoms with Gasteiger partial charge in [-0.25, -0.2) is 4.79 Å². The lowest BCUT2D eigenvalue weighted by atomic mass is 10.0. The summed E-state index contributed by atoms with van der Waals surface area (Å²) in [5.74, 6) is -0.678. The van der Waals surface area contributed by atoms with Gasteiger partial charge in [0.25, 0.3) is 0 Å². The fourth-order valence-electron chi connectivity index (χ4n) is 2.59. The van der Waals surface area contributed by atoms with E-state index in [0.717, 1.165) is 10.5 Å². The van der Waals surface area contributed by atoms with E-state index in [-0.39, 0.29) is 30.7 Å². The second kappa shape index (κ2) is 6.84. The van der Waals surface area contributed by atoms with Crippen LogP contribution in [0.15, 0.2) is 54.6 Å². The van der Waals surface area contributed by atoms with Crippen LogP contribution in [0.4, 0.5) is 4.79 Å². The SMILES string of the molecule is O=C(CN1C(=O)CC(c2ccccc2)NC1=O)c1ccc(Cl)cc1. The normalized spacial score (nSPS) is 17.5. The Morgan fingerprint density at radius 2 is 1.75 bits per heavy atom. The first-order valence-corrected chi connectivity index (χ1v) is 7.87. The second-order valence-electron chi connectivity index (χ2n) is 5.53. The van der Waals surface area contributed by atoms with Gasteiger partial charge in [0, 0.05) is 10.6 Å². The number of ketones is 1. The maximum Gasteiger partial charge on any atom is 0.325 e. The van der Waals surface area contributed by atoms with Gasteiger partial charge in [-0.1, -0.05) is 41.9 Å². The second-order valence-corrected chi connectivity index (χ2v) is 5.96. The Morgan fingerprint density at radius 1 is 1.08 bits per heavy atom. The molecule has 6 heteroatoms. The Labute approximate surface area is 144 Å². The molecule has 3 rings (SSSR count). The zero-order valence-electron chi connectivity index (χ0n) is 12.7. The Morgan fingerprint density at radius 3 is 2.38 bits per heavy atom. The summed E-state index contributed by atoms with van der Waals surface area (Å²) in [7, 11) is 0. The lowest BCUT2D eigenvalue weighted by Crippen LogP contribution is -2.52. The highest BCUT2D eigenvalue weighted by Gasteiger charge is 2.33. The largest absolute Gasteiger partial charge is 0.330 e. The van der Waals surface area contributed by atoms with Gasteiger partial charge in [-0.05, 0) is 29.8 Å². The molecule has 1 heterocycles. The van der Waals surface area contributed by atoms with Crippen molar-refractivity contribution in [3.63, 3.8) is 0 Å². The predicted molar refractivity (Wildman–Crippen MR) is 89.8 cm³/mol. The van der Waals surface area contributed by atoms with Crippen LogP contribution < -0.4 is 5.32 Å².